The van der Waals surface area contributed by atoms with E-state index in [4.69, 9.17) is 23.0 Å². The van der Waals surface area contributed by atoms with Gasteiger partial charge in [0.25, 0.3) is 0 Å². The second kappa shape index (κ2) is 21.9. The fourth-order valence-electron chi connectivity index (χ4n) is 7.31. The molecule has 2 aliphatic heterocycles. The van der Waals surface area contributed by atoms with E-state index in [2.05, 4.69) is 87.4 Å². The van der Waals surface area contributed by atoms with E-state index in [1.807, 2.05) is 48.5 Å². The van der Waals surface area contributed by atoms with E-state index >= 15 is 0 Å². The number of nitrogens with two attached hydrogens (primary N) is 4. The standard InChI is InChI=1S/C24H35N5.C21H28N4/c1-2-16-29(26)23-10-8-22(9-11-23)24(25)27-15-12-20-13-17-28(18-14-20)19-21-6-4-3-5-7-21;22-20-8-6-19(7-9-20)21(23)24-13-10-17-11-14-25(15-12-17)16-18-4-2-1-3-5-18/h3-11,20H,2,12-19,26H2,1H3,(H2,25,27);1-9,17H,10-16,22H2,(H2,23,24). The molecule has 8 N–H and O–H groups in total. The second-order valence-corrected chi connectivity index (χ2v) is 14.9. The number of piperidine rings is 2. The number of nitrogen functional groups attached to an aromatic ring is 1. The fraction of sp³-hybridized carbons (Fsp3) is 0.422. The topological polar surface area (TPSA) is 139 Å². The molecule has 9 heteroatoms. The Morgan fingerprint density at radius 3 is 1.43 bits per heavy atom. The number of aliphatic imine (C=N–C) groups is 2. The SMILES string of the molecule is CCCN(N)c1ccc(C(N)=NCCC2CCN(Cc3ccccc3)CC2)cc1.NC(=NCCC1CCN(Cc2ccccc2)CC1)c1ccc(N)cc1. The van der Waals surface area contributed by atoms with E-state index in [0.717, 1.165) is 86.3 Å². The van der Waals surface area contributed by atoms with Crippen LogP contribution >= 0.6 is 0 Å². The predicted molar refractivity (Wildman–Crippen MR) is 228 cm³/mol. The summed E-state index contributed by atoms with van der Waals surface area (Å²) in [5.41, 5.74) is 24.5. The number of hydrazine groups is 1. The molecule has 0 bridgehead atoms. The Hall–Kier alpha value is -4.70. The first-order valence-corrected chi connectivity index (χ1v) is 20.0. The van der Waals surface area contributed by atoms with Gasteiger partial charge in [-0.25, -0.2) is 5.84 Å². The molecule has 6 rings (SSSR count). The van der Waals surface area contributed by atoms with Gasteiger partial charge in [-0.2, -0.15) is 0 Å². The first kappa shape index (κ1) is 40.5. The van der Waals surface area contributed by atoms with Crippen molar-refractivity contribution < 1.29 is 0 Å². The zero-order valence-electron chi connectivity index (χ0n) is 32.4. The van der Waals surface area contributed by atoms with Crippen LogP contribution in [0.3, 0.4) is 0 Å². The van der Waals surface area contributed by atoms with E-state index in [0.29, 0.717) is 11.7 Å². The minimum atomic E-state index is 0.613. The molecule has 4 aromatic carbocycles. The van der Waals surface area contributed by atoms with E-state index < -0.39 is 0 Å². The average Bonchev–Trinajstić information content (AvgIpc) is 3.20. The molecule has 54 heavy (non-hydrogen) atoms. The van der Waals surface area contributed by atoms with E-state index in [9.17, 15) is 0 Å². The van der Waals surface area contributed by atoms with Crippen LogP contribution in [0.25, 0.3) is 0 Å². The van der Waals surface area contributed by atoms with Crippen LogP contribution in [0.15, 0.2) is 119 Å². The number of benzene rings is 4. The van der Waals surface area contributed by atoms with Crippen LogP contribution in [0.4, 0.5) is 11.4 Å². The van der Waals surface area contributed by atoms with Crippen LogP contribution in [0, 0.1) is 11.8 Å². The number of anilines is 2. The first-order valence-electron chi connectivity index (χ1n) is 20.0. The molecule has 2 fully saturated rings. The quantitative estimate of drug-likeness (QED) is 0.0338. The molecule has 2 aliphatic rings. The van der Waals surface area contributed by atoms with Crippen molar-refractivity contribution in [2.75, 3.05) is 56.6 Å². The summed E-state index contributed by atoms with van der Waals surface area (Å²) in [5.74, 6) is 8.76. The molecule has 0 saturated carbocycles. The molecule has 0 radical (unpaired) electrons. The molecule has 0 atom stereocenters. The summed E-state index contributed by atoms with van der Waals surface area (Å²) >= 11 is 0. The third-order valence-electron chi connectivity index (χ3n) is 10.7. The summed E-state index contributed by atoms with van der Waals surface area (Å²) in [6, 6.07) is 37.1. The Balaban J connectivity index is 0.000000210. The Morgan fingerprint density at radius 2 is 1.02 bits per heavy atom. The highest BCUT2D eigenvalue weighted by molar-refractivity contribution is 5.98. The van der Waals surface area contributed by atoms with E-state index in [1.54, 1.807) is 5.01 Å². The molecular formula is C45H63N9. The van der Waals surface area contributed by atoms with Crippen LogP contribution in [-0.2, 0) is 13.1 Å². The van der Waals surface area contributed by atoms with E-state index in [-0.39, 0.29) is 0 Å². The minimum Gasteiger partial charge on any atom is -0.399 e. The summed E-state index contributed by atoms with van der Waals surface area (Å²) in [6.07, 6.45) is 8.27. The van der Waals surface area contributed by atoms with Crippen LogP contribution in [0.1, 0.15) is 74.1 Å². The molecule has 9 nitrogen and oxygen atoms in total. The third-order valence-corrected chi connectivity index (χ3v) is 10.7. The summed E-state index contributed by atoms with van der Waals surface area (Å²) in [6.45, 7) is 11.4. The lowest BCUT2D eigenvalue weighted by molar-refractivity contribution is 0.173. The molecule has 2 heterocycles. The van der Waals surface area contributed by atoms with Gasteiger partial charge >= 0.3 is 0 Å². The van der Waals surface area contributed by atoms with Gasteiger partial charge in [-0.15, -0.1) is 0 Å². The maximum absolute atomic E-state index is 6.20. The van der Waals surface area contributed by atoms with Crippen LogP contribution in [-0.4, -0.2) is 67.3 Å². The lowest BCUT2D eigenvalue weighted by atomic mass is 9.93. The molecule has 0 unspecified atom stereocenters. The lowest BCUT2D eigenvalue weighted by Crippen LogP contribution is -2.33. The van der Waals surface area contributed by atoms with Crippen molar-refractivity contribution in [3.63, 3.8) is 0 Å². The molecule has 288 valence electrons. The molecular weight excluding hydrogens is 667 g/mol. The van der Waals surface area contributed by atoms with Gasteiger partial charge in [-0.3, -0.25) is 19.8 Å². The zero-order valence-corrected chi connectivity index (χ0v) is 32.4. The summed E-state index contributed by atoms with van der Waals surface area (Å²) < 4.78 is 0. The van der Waals surface area contributed by atoms with Gasteiger partial charge in [-0.1, -0.05) is 67.6 Å². The Bertz CT molecular complexity index is 1680. The molecule has 0 aromatic heterocycles. The highest BCUT2D eigenvalue weighted by Gasteiger charge is 2.20. The van der Waals surface area contributed by atoms with Crippen molar-refractivity contribution in [3.8, 4) is 0 Å². The Morgan fingerprint density at radius 1 is 0.611 bits per heavy atom. The smallest absolute Gasteiger partial charge is 0.125 e. The third kappa shape index (κ3) is 13.6. The molecule has 0 spiro atoms. The highest BCUT2D eigenvalue weighted by Crippen LogP contribution is 2.23. The molecule has 0 aliphatic carbocycles. The van der Waals surface area contributed by atoms with Gasteiger partial charge in [0, 0.05) is 49.5 Å². The van der Waals surface area contributed by atoms with Gasteiger partial charge in [-0.05, 0) is 143 Å². The Kier molecular flexibility index (Phi) is 16.4. The average molecular weight is 730 g/mol. The van der Waals surface area contributed by atoms with Crippen molar-refractivity contribution in [1.29, 1.82) is 0 Å². The van der Waals surface area contributed by atoms with Crippen LogP contribution in [0.2, 0.25) is 0 Å². The fourth-order valence-corrected chi connectivity index (χ4v) is 7.31. The van der Waals surface area contributed by atoms with Gasteiger partial charge in [0.05, 0.1) is 5.69 Å². The van der Waals surface area contributed by atoms with Crippen LogP contribution < -0.4 is 28.1 Å². The van der Waals surface area contributed by atoms with Gasteiger partial charge in [0.15, 0.2) is 0 Å². The molecule has 0 amide bonds. The van der Waals surface area contributed by atoms with Crippen molar-refractivity contribution in [3.05, 3.63) is 131 Å². The maximum atomic E-state index is 6.20. The summed E-state index contributed by atoms with van der Waals surface area (Å²) in [4.78, 5) is 14.3. The summed E-state index contributed by atoms with van der Waals surface area (Å²) in [5, 5.41) is 1.77. The largest absolute Gasteiger partial charge is 0.399 e. The zero-order chi connectivity index (χ0) is 38.0. The van der Waals surface area contributed by atoms with E-state index in [1.165, 1.54) is 63.0 Å². The number of nitrogens with zero attached hydrogens (tertiary/aromatic N) is 5. The first-order chi connectivity index (χ1) is 26.4. The van der Waals surface area contributed by atoms with Gasteiger partial charge in [0.1, 0.15) is 11.7 Å². The lowest BCUT2D eigenvalue weighted by Gasteiger charge is -2.31. The van der Waals surface area contributed by atoms with Crippen molar-refractivity contribution in [2.24, 2.45) is 39.1 Å². The number of rotatable bonds is 15. The van der Waals surface area contributed by atoms with Crippen molar-refractivity contribution in [2.45, 2.75) is 65.0 Å². The minimum absolute atomic E-state index is 0.613. The number of hydrogen-bond donors (Lipinski definition) is 4. The number of likely N-dealkylation sites (tertiary alicyclic amines) is 2. The van der Waals surface area contributed by atoms with Crippen LogP contribution in [0.5, 0.6) is 0 Å². The summed E-state index contributed by atoms with van der Waals surface area (Å²) in [7, 11) is 0. The molecule has 4 aromatic rings. The normalized spacial score (nSPS) is 16.5. The van der Waals surface area contributed by atoms with Crippen molar-refractivity contribution >= 4 is 23.0 Å². The predicted octanol–water partition coefficient (Wildman–Crippen LogP) is 7.06. The van der Waals surface area contributed by atoms with Gasteiger partial charge in [0.2, 0.25) is 0 Å². The number of hydrogen-bond acceptors (Lipinski definition) is 7. The second-order valence-electron chi connectivity index (χ2n) is 14.9. The monoisotopic (exact) mass is 730 g/mol. The molecule has 2 saturated heterocycles. The highest BCUT2D eigenvalue weighted by atomic mass is 15.4. The Labute approximate surface area is 324 Å². The van der Waals surface area contributed by atoms with Crippen molar-refractivity contribution in [1.82, 2.24) is 9.80 Å². The maximum Gasteiger partial charge on any atom is 0.125 e. The van der Waals surface area contributed by atoms with Gasteiger partial charge < -0.3 is 22.2 Å². The number of amidine groups is 2.